The Hall–Kier alpha value is -2.31. The molecule has 1 saturated heterocycles. The predicted octanol–water partition coefficient (Wildman–Crippen LogP) is 4.55. The van der Waals surface area contributed by atoms with Gasteiger partial charge in [0.15, 0.2) is 11.5 Å². The molecule has 0 bridgehead atoms. The lowest BCUT2D eigenvalue weighted by Crippen LogP contribution is -2.32. The maximum Gasteiger partial charge on any atom is 0.341 e. The molecule has 1 fully saturated rings. The van der Waals surface area contributed by atoms with Crippen LogP contribution in [0.5, 0.6) is 0 Å². The molecule has 0 unspecified atom stereocenters. The minimum atomic E-state index is -0.364. The summed E-state index contributed by atoms with van der Waals surface area (Å²) in [7, 11) is 1.37. The molecule has 0 atom stereocenters. The molecule has 6 nitrogen and oxygen atoms in total. The summed E-state index contributed by atoms with van der Waals surface area (Å²) in [5.41, 5.74) is 2.08. The Morgan fingerprint density at radius 1 is 1.30 bits per heavy atom. The molecular weight excluding hydrogens is 368 g/mol. The van der Waals surface area contributed by atoms with Crippen molar-refractivity contribution in [1.82, 2.24) is 9.88 Å². The van der Waals surface area contributed by atoms with Gasteiger partial charge in [-0.15, -0.1) is 0 Å². The van der Waals surface area contributed by atoms with Gasteiger partial charge in [-0.2, -0.15) is 0 Å². The van der Waals surface area contributed by atoms with Crippen LogP contribution in [0, 0.1) is 6.92 Å². The number of piperidine rings is 1. The summed E-state index contributed by atoms with van der Waals surface area (Å²) in [6, 6.07) is 7.28. The average Bonchev–Trinajstić information content (AvgIpc) is 3.24. The number of halogens is 1. The van der Waals surface area contributed by atoms with Gasteiger partial charge in [0.2, 0.25) is 0 Å². The number of ether oxygens (including phenoxy) is 1. The third kappa shape index (κ3) is 3.73. The molecule has 142 valence electrons. The summed E-state index contributed by atoms with van der Waals surface area (Å²) in [6.07, 6.45) is 1.92. The zero-order chi connectivity index (χ0) is 19.0. The second-order valence-corrected chi connectivity index (χ2v) is 7.33. The first-order valence-corrected chi connectivity index (χ1v) is 9.37. The fourth-order valence-corrected chi connectivity index (χ4v) is 3.75. The number of carbonyl (C=O) groups is 1. The number of hydrogen-bond donors (Lipinski definition) is 0. The first kappa shape index (κ1) is 18.1. The lowest BCUT2D eigenvalue weighted by molar-refractivity contribution is 0.0599. The highest BCUT2D eigenvalue weighted by Crippen LogP contribution is 2.31. The summed E-state index contributed by atoms with van der Waals surface area (Å²) in [6.45, 7) is 4.28. The lowest BCUT2D eigenvalue weighted by Gasteiger charge is -2.29. The number of likely N-dealkylation sites (tertiary alicyclic amines) is 1. The van der Waals surface area contributed by atoms with Crippen LogP contribution in [-0.4, -0.2) is 36.1 Å². The highest BCUT2D eigenvalue weighted by Gasteiger charge is 2.26. The van der Waals surface area contributed by atoms with Crippen molar-refractivity contribution in [2.45, 2.75) is 32.2 Å². The number of methoxy groups -OCH3 is 1. The predicted molar refractivity (Wildman–Crippen MR) is 101 cm³/mol. The number of aromatic nitrogens is 1. The van der Waals surface area contributed by atoms with E-state index in [9.17, 15) is 4.79 Å². The van der Waals surface area contributed by atoms with E-state index in [2.05, 4.69) is 9.88 Å². The number of benzene rings is 1. The number of furan rings is 1. The Bertz CT molecular complexity index is 970. The van der Waals surface area contributed by atoms with Gasteiger partial charge in [0, 0.05) is 10.9 Å². The van der Waals surface area contributed by atoms with Gasteiger partial charge in [-0.05, 0) is 57.1 Å². The number of hydrogen-bond acceptors (Lipinski definition) is 6. The Morgan fingerprint density at radius 3 is 2.81 bits per heavy atom. The second-order valence-electron chi connectivity index (χ2n) is 6.89. The molecule has 27 heavy (non-hydrogen) atoms. The average molecular weight is 389 g/mol. The van der Waals surface area contributed by atoms with Crippen molar-refractivity contribution in [3.8, 4) is 0 Å². The molecule has 1 aliphatic heterocycles. The maximum absolute atomic E-state index is 11.7. The van der Waals surface area contributed by atoms with Gasteiger partial charge in [-0.25, -0.2) is 9.78 Å². The quantitative estimate of drug-likeness (QED) is 0.611. The largest absolute Gasteiger partial charge is 0.465 e. The van der Waals surface area contributed by atoms with E-state index in [1.54, 1.807) is 13.0 Å². The van der Waals surface area contributed by atoms with Gasteiger partial charge >= 0.3 is 5.97 Å². The second kappa shape index (κ2) is 7.37. The Morgan fingerprint density at radius 2 is 2.07 bits per heavy atom. The van der Waals surface area contributed by atoms with Crippen molar-refractivity contribution in [3.63, 3.8) is 0 Å². The molecule has 4 rings (SSSR count). The third-order valence-electron chi connectivity index (χ3n) is 5.06. The van der Waals surface area contributed by atoms with Crippen LogP contribution in [0.3, 0.4) is 0 Å². The van der Waals surface area contributed by atoms with E-state index in [1.807, 2.05) is 18.2 Å². The maximum atomic E-state index is 11.7. The minimum Gasteiger partial charge on any atom is -0.465 e. The van der Waals surface area contributed by atoms with Crippen molar-refractivity contribution >= 4 is 28.7 Å². The molecule has 3 heterocycles. The number of aryl methyl sites for hydroxylation is 1. The highest BCUT2D eigenvalue weighted by atomic mass is 35.5. The fourth-order valence-electron chi connectivity index (χ4n) is 3.59. The SMILES string of the molecule is COC(=O)c1cc(CN2CCC(c3nc4cc(Cl)ccc4o3)CC2)oc1C. The van der Waals surface area contributed by atoms with Crippen molar-refractivity contribution in [2.24, 2.45) is 0 Å². The van der Waals surface area contributed by atoms with Gasteiger partial charge in [0.05, 0.1) is 13.7 Å². The van der Waals surface area contributed by atoms with Crippen molar-refractivity contribution in [2.75, 3.05) is 20.2 Å². The number of oxazole rings is 1. The number of esters is 1. The standard InChI is InChI=1S/C20H21ClN2O4/c1-12-16(20(24)25-2)10-15(26-12)11-23-7-5-13(6-8-23)19-22-17-9-14(21)3-4-18(17)27-19/h3-4,9-10,13H,5-8,11H2,1-2H3. The first-order valence-electron chi connectivity index (χ1n) is 8.99. The van der Waals surface area contributed by atoms with Crippen LogP contribution in [0.2, 0.25) is 5.02 Å². The van der Waals surface area contributed by atoms with Crippen LogP contribution in [0.1, 0.15) is 46.5 Å². The molecule has 0 saturated carbocycles. The van der Waals surface area contributed by atoms with Gasteiger partial charge < -0.3 is 13.6 Å². The van der Waals surface area contributed by atoms with E-state index in [-0.39, 0.29) is 5.97 Å². The molecule has 0 aliphatic carbocycles. The summed E-state index contributed by atoms with van der Waals surface area (Å²) >= 11 is 6.03. The number of nitrogens with zero attached hydrogens (tertiary/aromatic N) is 2. The monoisotopic (exact) mass is 388 g/mol. The van der Waals surface area contributed by atoms with Crippen LogP contribution >= 0.6 is 11.6 Å². The van der Waals surface area contributed by atoms with Gasteiger partial charge in [0.25, 0.3) is 0 Å². The van der Waals surface area contributed by atoms with Gasteiger partial charge in [-0.1, -0.05) is 11.6 Å². The molecule has 0 spiro atoms. The molecule has 0 N–H and O–H groups in total. The van der Waals surface area contributed by atoms with E-state index >= 15 is 0 Å². The number of fused-ring (bicyclic) bond motifs is 1. The summed E-state index contributed by atoms with van der Waals surface area (Å²) in [4.78, 5) is 18.6. The smallest absolute Gasteiger partial charge is 0.341 e. The minimum absolute atomic E-state index is 0.302. The number of carbonyl (C=O) groups excluding carboxylic acids is 1. The Labute approximate surface area is 162 Å². The normalized spacial score (nSPS) is 16.1. The van der Waals surface area contributed by atoms with Crippen molar-refractivity contribution in [1.29, 1.82) is 0 Å². The topological polar surface area (TPSA) is 68.7 Å². The van der Waals surface area contributed by atoms with E-state index in [4.69, 9.17) is 25.2 Å². The van der Waals surface area contributed by atoms with Crippen LogP contribution in [-0.2, 0) is 11.3 Å². The van der Waals surface area contributed by atoms with Crippen LogP contribution in [0.15, 0.2) is 33.1 Å². The molecule has 0 amide bonds. The van der Waals surface area contributed by atoms with E-state index in [1.165, 1.54) is 7.11 Å². The van der Waals surface area contributed by atoms with Gasteiger partial charge in [-0.3, -0.25) is 4.90 Å². The summed E-state index contributed by atoms with van der Waals surface area (Å²) in [5.74, 6) is 2.10. The van der Waals surface area contributed by atoms with Crippen LogP contribution in [0.4, 0.5) is 0 Å². The lowest BCUT2D eigenvalue weighted by atomic mass is 9.97. The molecule has 0 radical (unpaired) electrons. The van der Waals surface area contributed by atoms with E-state index < -0.39 is 0 Å². The fraction of sp³-hybridized carbons (Fsp3) is 0.400. The van der Waals surface area contributed by atoms with Crippen molar-refractivity contribution in [3.05, 3.63) is 52.3 Å². The van der Waals surface area contributed by atoms with E-state index in [0.717, 1.165) is 48.7 Å². The Kier molecular flexibility index (Phi) is 4.93. The zero-order valence-corrected chi connectivity index (χ0v) is 16.1. The van der Waals surface area contributed by atoms with Crippen LogP contribution in [0.25, 0.3) is 11.1 Å². The summed E-state index contributed by atoms with van der Waals surface area (Å²) in [5, 5.41) is 0.664. The molecule has 1 aliphatic rings. The molecule has 7 heteroatoms. The van der Waals surface area contributed by atoms with Crippen LogP contribution < -0.4 is 0 Å². The molecule has 2 aromatic heterocycles. The van der Waals surface area contributed by atoms with Gasteiger partial charge in [0.1, 0.15) is 22.6 Å². The third-order valence-corrected chi connectivity index (χ3v) is 5.29. The molecule has 1 aromatic carbocycles. The number of rotatable bonds is 4. The van der Waals surface area contributed by atoms with Crippen molar-refractivity contribution < 1.29 is 18.4 Å². The highest BCUT2D eigenvalue weighted by molar-refractivity contribution is 6.31. The van der Waals surface area contributed by atoms with E-state index in [0.29, 0.717) is 28.8 Å². The summed E-state index contributed by atoms with van der Waals surface area (Å²) < 4.78 is 16.4. The molecular formula is C20H21ClN2O4. The Balaban J connectivity index is 1.39. The first-order chi connectivity index (χ1) is 13.0. The zero-order valence-electron chi connectivity index (χ0n) is 15.3. The molecule has 3 aromatic rings.